The van der Waals surface area contributed by atoms with E-state index in [-0.39, 0.29) is 0 Å². The van der Waals surface area contributed by atoms with Crippen molar-refractivity contribution in [3.05, 3.63) is 78.4 Å². The fourth-order valence-corrected chi connectivity index (χ4v) is 3.78. The number of hydrogen-bond acceptors (Lipinski definition) is 4. The van der Waals surface area contributed by atoms with Crippen LogP contribution in [0.4, 0.5) is 0 Å². The predicted octanol–water partition coefficient (Wildman–Crippen LogP) is 5.13. The number of amidine groups is 1. The Kier molecular flexibility index (Phi) is 4.09. The smallest absolute Gasteiger partial charge is 0.136 e. The van der Waals surface area contributed by atoms with Crippen LogP contribution in [0.25, 0.3) is 33.4 Å². The van der Waals surface area contributed by atoms with Crippen molar-refractivity contribution in [2.24, 2.45) is 4.99 Å². The van der Waals surface area contributed by atoms with Crippen LogP contribution in [0.15, 0.2) is 82.2 Å². The molecule has 28 heavy (non-hydrogen) atoms. The quantitative estimate of drug-likeness (QED) is 0.543. The second kappa shape index (κ2) is 6.89. The van der Waals surface area contributed by atoms with Gasteiger partial charge in [-0.1, -0.05) is 54.6 Å². The number of fused-ring (bicyclic) bond motifs is 1. The number of nitrogens with zero attached hydrogens (tertiary/aromatic N) is 1. The van der Waals surface area contributed by atoms with Crippen LogP contribution in [-0.4, -0.2) is 26.0 Å². The van der Waals surface area contributed by atoms with E-state index < -0.39 is 0 Å². The van der Waals surface area contributed by atoms with Crippen LogP contribution in [0, 0.1) is 0 Å². The Hall–Kier alpha value is -3.53. The molecule has 0 saturated carbocycles. The molecule has 5 rings (SSSR count). The minimum Gasteiger partial charge on any atom is -0.496 e. The largest absolute Gasteiger partial charge is 0.496 e. The molecule has 0 fully saturated rings. The van der Waals surface area contributed by atoms with Gasteiger partial charge in [-0.3, -0.25) is 4.99 Å². The second-order valence-electron chi connectivity index (χ2n) is 6.73. The summed E-state index contributed by atoms with van der Waals surface area (Å²) in [6.45, 7) is 1.68. The third-order valence-electron chi connectivity index (χ3n) is 5.08. The summed E-state index contributed by atoms with van der Waals surface area (Å²) in [5.41, 5.74) is 5.11. The third-order valence-corrected chi connectivity index (χ3v) is 5.08. The first-order valence-corrected chi connectivity index (χ1v) is 9.39. The Morgan fingerprint density at radius 2 is 1.61 bits per heavy atom. The van der Waals surface area contributed by atoms with E-state index >= 15 is 0 Å². The van der Waals surface area contributed by atoms with Crippen LogP contribution in [0.5, 0.6) is 5.75 Å². The van der Waals surface area contributed by atoms with E-state index in [4.69, 9.17) is 9.15 Å². The molecule has 1 aliphatic rings. The summed E-state index contributed by atoms with van der Waals surface area (Å²) in [6.07, 6.45) is 0. The highest BCUT2D eigenvalue weighted by Crippen LogP contribution is 2.38. The molecule has 4 aromatic rings. The van der Waals surface area contributed by atoms with Crippen LogP contribution in [0.2, 0.25) is 0 Å². The zero-order valence-electron chi connectivity index (χ0n) is 15.6. The van der Waals surface area contributed by atoms with Crippen molar-refractivity contribution >= 4 is 16.8 Å². The van der Waals surface area contributed by atoms with Crippen molar-refractivity contribution in [3.8, 4) is 28.2 Å². The van der Waals surface area contributed by atoms with Crippen molar-refractivity contribution in [2.45, 2.75) is 0 Å². The summed E-state index contributed by atoms with van der Waals surface area (Å²) in [4.78, 5) is 4.58. The maximum absolute atomic E-state index is 6.27. The van der Waals surface area contributed by atoms with Crippen LogP contribution >= 0.6 is 0 Å². The molecule has 0 unspecified atom stereocenters. The number of hydrogen-bond donors (Lipinski definition) is 1. The molecule has 0 spiro atoms. The molecule has 2 heterocycles. The second-order valence-corrected chi connectivity index (χ2v) is 6.73. The van der Waals surface area contributed by atoms with Gasteiger partial charge in [-0.25, -0.2) is 0 Å². The van der Waals surface area contributed by atoms with Gasteiger partial charge in [-0.05, 0) is 23.8 Å². The molecule has 0 aliphatic carbocycles. The standard InChI is InChI=1S/C24H20N2O2/c1-27-21-11-5-4-7-17(21)16-10-6-12-22-20(16)15-23(28-22)18-8-2-3-9-19(18)24-25-13-14-26-24/h2-12,15H,13-14H2,1H3,(H,25,26). The van der Waals surface area contributed by atoms with Gasteiger partial charge < -0.3 is 14.5 Å². The van der Waals surface area contributed by atoms with Gasteiger partial charge in [0.05, 0.1) is 13.7 Å². The van der Waals surface area contributed by atoms with Gasteiger partial charge in [0.15, 0.2) is 0 Å². The average molecular weight is 368 g/mol. The fraction of sp³-hybridized carbons (Fsp3) is 0.125. The van der Waals surface area contributed by atoms with Crippen LogP contribution in [0.3, 0.4) is 0 Å². The SMILES string of the molecule is COc1ccccc1-c1cccc2oc(-c3ccccc3C3=NCCN3)cc12. The summed E-state index contributed by atoms with van der Waals surface area (Å²) in [5.74, 6) is 2.62. The van der Waals surface area contributed by atoms with E-state index in [0.29, 0.717) is 0 Å². The highest BCUT2D eigenvalue weighted by atomic mass is 16.5. The van der Waals surface area contributed by atoms with Crippen molar-refractivity contribution in [3.63, 3.8) is 0 Å². The maximum Gasteiger partial charge on any atom is 0.136 e. The molecule has 0 atom stereocenters. The zero-order chi connectivity index (χ0) is 18.9. The summed E-state index contributed by atoms with van der Waals surface area (Å²) >= 11 is 0. The Bertz CT molecular complexity index is 1190. The lowest BCUT2D eigenvalue weighted by Gasteiger charge is -2.08. The number of rotatable bonds is 4. The van der Waals surface area contributed by atoms with E-state index in [1.807, 2.05) is 42.5 Å². The van der Waals surface area contributed by atoms with Crippen LogP contribution in [-0.2, 0) is 0 Å². The number of furan rings is 1. The number of aliphatic imine (C=N–C) groups is 1. The first kappa shape index (κ1) is 16.6. The minimum atomic E-state index is 0.807. The number of ether oxygens (including phenoxy) is 1. The van der Waals surface area contributed by atoms with Crippen molar-refractivity contribution in [1.29, 1.82) is 0 Å². The predicted molar refractivity (Wildman–Crippen MR) is 113 cm³/mol. The Labute approximate surface area is 163 Å². The Morgan fingerprint density at radius 1 is 0.857 bits per heavy atom. The van der Waals surface area contributed by atoms with Gasteiger partial charge >= 0.3 is 0 Å². The highest BCUT2D eigenvalue weighted by Gasteiger charge is 2.18. The topological polar surface area (TPSA) is 46.8 Å². The molecule has 1 aliphatic heterocycles. The summed E-state index contributed by atoms with van der Waals surface area (Å²) in [6, 6.07) is 24.5. The van der Waals surface area contributed by atoms with Crippen LogP contribution < -0.4 is 10.1 Å². The van der Waals surface area contributed by atoms with E-state index in [0.717, 1.165) is 63.7 Å². The molecule has 0 radical (unpaired) electrons. The maximum atomic E-state index is 6.27. The van der Waals surface area contributed by atoms with Gasteiger partial charge in [-0.15, -0.1) is 0 Å². The fourth-order valence-electron chi connectivity index (χ4n) is 3.78. The Balaban J connectivity index is 1.69. The van der Waals surface area contributed by atoms with Gasteiger partial charge in [0, 0.05) is 28.6 Å². The first-order valence-electron chi connectivity index (χ1n) is 9.39. The van der Waals surface area contributed by atoms with E-state index in [9.17, 15) is 0 Å². The lowest BCUT2D eigenvalue weighted by atomic mass is 9.99. The van der Waals surface area contributed by atoms with E-state index in [1.165, 1.54) is 0 Å². The van der Waals surface area contributed by atoms with Crippen molar-refractivity contribution < 1.29 is 9.15 Å². The molecule has 4 nitrogen and oxygen atoms in total. The average Bonchev–Trinajstić information content (AvgIpc) is 3.43. The number of para-hydroxylation sites is 1. The van der Waals surface area contributed by atoms with E-state index in [1.54, 1.807) is 7.11 Å². The zero-order valence-corrected chi connectivity index (χ0v) is 15.6. The van der Waals surface area contributed by atoms with Gasteiger partial charge in [0.1, 0.15) is 22.9 Å². The highest BCUT2D eigenvalue weighted by molar-refractivity contribution is 6.06. The lowest BCUT2D eigenvalue weighted by molar-refractivity contribution is 0.416. The molecule has 0 bridgehead atoms. The molecule has 1 N–H and O–H groups in total. The van der Waals surface area contributed by atoms with E-state index in [2.05, 4.69) is 40.6 Å². The van der Waals surface area contributed by atoms with Crippen molar-refractivity contribution in [1.82, 2.24) is 5.32 Å². The van der Waals surface area contributed by atoms with Gasteiger partial charge in [0.2, 0.25) is 0 Å². The molecular weight excluding hydrogens is 348 g/mol. The van der Waals surface area contributed by atoms with Crippen LogP contribution in [0.1, 0.15) is 5.56 Å². The monoisotopic (exact) mass is 368 g/mol. The van der Waals surface area contributed by atoms with Gasteiger partial charge in [0.25, 0.3) is 0 Å². The van der Waals surface area contributed by atoms with Gasteiger partial charge in [-0.2, -0.15) is 0 Å². The van der Waals surface area contributed by atoms with Crippen molar-refractivity contribution in [2.75, 3.05) is 20.2 Å². The molecular formula is C24H20N2O2. The minimum absolute atomic E-state index is 0.807. The molecule has 138 valence electrons. The Morgan fingerprint density at radius 3 is 2.39 bits per heavy atom. The number of methoxy groups -OCH3 is 1. The molecule has 1 aromatic heterocycles. The molecule has 3 aromatic carbocycles. The molecule has 4 heteroatoms. The summed E-state index contributed by atoms with van der Waals surface area (Å²) < 4.78 is 11.8. The number of benzene rings is 3. The molecule has 0 saturated heterocycles. The summed E-state index contributed by atoms with van der Waals surface area (Å²) in [7, 11) is 1.70. The first-order chi connectivity index (χ1) is 13.8. The third kappa shape index (κ3) is 2.74. The normalized spacial score (nSPS) is 13.4. The summed E-state index contributed by atoms with van der Waals surface area (Å²) in [5, 5.41) is 4.43. The molecule has 0 amide bonds. The lowest BCUT2D eigenvalue weighted by Crippen LogP contribution is -2.20. The number of nitrogens with one attached hydrogen (secondary N) is 1.